The molecule has 0 amide bonds. The summed E-state index contributed by atoms with van der Waals surface area (Å²) in [6, 6.07) is 4.01. The highest BCUT2D eigenvalue weighted by molar-refractivity contribution is 5.69. The summed E-state index contributed by atoms with van der Waals surface area (Å²) < 4.78 is 11.8. The second-order valence-electron chi connectivity index (χ2n) is 2.64. The third kappa shape index (κ3) is 2.32. The standard InChI is InChI=1S/C8H10FN3O2/c9-3-4-11-8-2-1-6(12(13)14)5-7(8)10/h1-2,5,11H,3-4,10H2. The summed E-state index contributed by atoms with van der Waals surface area (Å²) >= 11 is 0. The Bertz CT molecular complexity index is 343. The first kappa shape index (κ1) is 10.2. The fourth-order valence-electron chi connectivity index (χ4n) is 1.01. The maximum atomic E-state index is 11.8. The van der Waals surface area contributed by atoms with Gasteiger partial charge in [0, 0.05) is 18.7 Å². The van der Waals surface area contributed by atoms with Crippen molar-refractivity contribution in [3.8, 4) is 0 Å². The molecule has 0 saturated heterocycles. The van der Waals surface area contributed by atoms with Gasteiger partial charge in [-0.05, 0) is 6.07 Å². The van der Waals surface area contributed by atoms with E-state index in [1.165, 1.54) is 18.2 Å². The average Bonchev–Trinajstić information content (AvgIpc) is 2.15. The summed E-state index contributed by atoms with van der Waals surface area (Å²) in [6.07, 6.45) is 0. The molecule has 1 aromatic carbocycles. The number of nitrogen functional groups attached to an aromatic ring is 1. The lowest BCUT2D eigenvalue weighted by Gasteiger charge is -2.06. The van der Waals surface area contributed by atoms with E-state index >= 15 is 0 Å². The number of rotatable bonds is 4. The molecule has 76 valence electrons. The molecule has 5 nitrogen and oxygen atoms in total. The van der Waals surface area contributed by atoms with Crippen molar-refractivity contribution in [3.05, 3.63) is 28.3 Å². The molecule has 14 heavy (non-hydrogen) atoms. The minimum absolute atomic E-state index is 0.0756. The van der Waals surface area contributed by atoms with Crippen LogP contribution in [0.5, 0.6) is 0 Å². The van der Waals surface area contributed by atoms with Crippen LogP contribution in [0.4, 0.5) is 21.5 Å². The van der Waals surface area contributed by atoms with Gasteiger partial charge in [0.15, 0.2) is 0 Å². The van der Waals surface area contributed by atoms with Crippen molar-refractivity contribution >= 4 is 17.1 Å². The topological polar surface area (TPSA) is 81.2 Å². The van der Waals surface area contributed by atoms with Crippen LogP contribution in [-0.2, 0) is 0 Å². The number of nitrogens with one attached hydrogen (secondary N) is 1. The van der Waals surface area contributed by atoms with Crippen molar-refractivity contribution in [3.63, 3.8) is 0 Å². The predicted octanol–water partition coefficient (Wildman–Crippen LogP) is 1.56. The molecule has 3 N–H and O–H groups in total. The largest absolute Gasteiger partial charge is 0.397 e. The van der Waals surface area contributed by atoms with Gasteiger partial charge in [0.1, 0.15) is 6.67 Å². The number of halogens is 1. The fourth-order valence-corrected chi connectivity index (χ4v) is 1.01. The van der Waals surface area contributed by atoms with Gasteiger partial charge in [-0.2, -0.15) is 0 Å². The second kappa shape index (κ2) is 4.40. The Balaban J connectivity index is 2.84. The van der Waals surface area contributed by atoms with Crippen LogP contribution in [0, 0.1) is 10.1 Å². The highest BCUT2D eigenvalue weighted by Crippen LogP contribution is 2.23. The average molecular weight is 199 g/mol. The van der Waals surface area contributed by atoms with Crippen molar-refractivity contribution in [2.24, 2.45) is 0 Å². The molecule has 0 unspecified atom stereocenters. The lowest BCUT2D eigenvalue weighted by molar-refractivity contribution is -0.384. The smallest absolute Gasteiger partial charge is 0.271 e. The Morgan fingerprint density at radius 3 is 2.79 bits per heavy atom. The van der Waals surface area contributed by atoms with Gasteiger partial charge in [-0.15, -0.1) is 0 Å². The number of nitrogens with two attached hydrogens (primary N) is 1. The minimum Gasteiger partial charge on any atom is -0.397 e. The van der Waals surface area contributed by atoms with Crippen LogP contribution in [0.1, 0.15) is 0 Å². The summed E-state index contributed by atoms with van der Waals surface area (Å²) in [5.74, 6) is 0. The third-order valence-corrected chi connectivity index (χ3v) is 1.66. The van der Waals surface area contributed by atoms with E-state index in [4.69, 9.17) is 5.73 Å². The predicted molar refractivity (Wildman–Crippen MR) is 52.0 cm³/mol. The zero-order valence-electron chi connectivity index (χ0n) is 7.37. The molecular formula is C8H10FN3O2. The summed E-state index contributed by atoms with van der Waals surface area (Å²) in [6.45, 7) is -0.377. The molecule has 0 saturated carbocycles. The maximum Gasteiger partial charge on any atom is 0.271 e. The van der Waals surface area contributed by atoms with Crippen LogP contribution in [-0.4, -0.2) is 18.1 Å². The lowest BCUT2D eigenvalue weighted by atomic mass is 10.2. The number of alkyl halides is 1. The molecule has 6 heteroatoms. The molecule has 0 spiro atoms. The van der Waals surface area contributed by atoms with Crippen LogP contribution in [0.25, 0.3) is 0 Å². The van der Waals surface area contributed by atoms with Crippen molar-refractivity contribution < 1.29 is 9.31 Å². The molecule has 0 fully saturated rings. The van der Waals surface area contributed by atoms with Crippen LogP contribution in [0.15, 0.2) is 18.2 Å². The molecule has 0 aliphatic carbocycles. The Morgan fingerprint density at radius 1 is 1.57 bits per heavy atom. The van der Waals surface area contributed by atoms with Crippen LogP contribution in [0.2, 0.25) is 0 Å². The van der Waals surface area contributed by atoms with Gasteiger partial charge < -0.3 is 11.1 Å². The second-order valence-corrected chi connectivity index (χ2v) is 2.64. The fraction of sp³-hybridized carbons (Fsp3) is 0.250. The molecule has 0 aliphatic heterocycles. The number of hydrogen-bond acceptors (Lipinski definition) is 4. The van der Waals surface area contributed by atoms with E-state index in [2.05, 4.69) is 5.32 Å². The Morgan fingerprint density at radius 2 is 2.29 bits per heavy atom. The summed E-state index contributed by atoms with van der Waals surface area (Å²) in [5.41, 5.74) is 6.19. The van der Waals surface area contributed by atoms with E-state index in [9.17, 15) is 14.5 Å². The number of nitro groups is 1. The monoisotopic (exact) mass is 199 g/mol. The quantitative estimate of drug-likeness (QED) is 0.438. The van der Waals surface area contributed by atoms with Crippen molar-refractivity contribution in [2.45, 2.75) is 0 Å². The summed E-state index contributed by atoms with van der Waals surface area (Å²) in [5, 5.41) is 13.1. The Kier molecular flexibility index (Phi) is 3.22. The first-order valence-corrected chi connectivity index (χ1v) is 3.99. The van der Waals surface area contributed by atoms with E-state index < -0.39 is 11.6 Å². The van der Waals surface area contributed by atoms with Gasteiger partial charge in [0.05, 0.1) is 16.3 Å². The maximum absolute atomic E-state index is 11.8. The highest BCUT2D eigenvalue weighted by Gasteiger charge is 2.07. The van der Waals surface area contributed by atoms with Crippen LogP contribution >= 0.6 is 0 Å². The number of non-ortho nitro benzene ring substituents is 1. The van der Waals surface area contributed by atoms with Crippen molar-refractivity contribution in [1.29, 1.82) is 0 Å². The molecular weight excluding hydrogens is 189 g/mol. The molecule has 0 aliphatic rings. The third-order valence-electron chi connectivity index (χ3n) is 1.66. The molecule has 0 aromatic heterocycles. The number of nitrogens with zero attached hydrogens (tertiary/aromatic N) is 1. The van der Waals surface area contributed by atoms with E-state index in [-0.39, 0.29) is 17.9 Å². The van der Waals surface area contributed by atoms with E-state index in [0.29, 0.717) is 5.69 Å². The van der Waals surface area contributed by atoms with Crippen LogP contribution < -0.4 is 11.1 Å². The normalized spacial score (nSPS) is 9.79. The van der Waals surface area contributed by atoms with Gasteiger partial charge in [0.25, 0.3) is 5.69 Å². The van der Waals surface area contributed by atoms with E-state index in [0.717, 1.165) is 0 Å². The zero-order valence-corrected chi connectivity index (χ0v) is 7.37. The van der Waals surface area contributed by atoms with E-state index in [1.807, 2.05) is 0 Å². The number of benzene rings is 1. The van der Waals surface area contributed by atoms with Gasteiger partial charge in [-0.1, -0.05) is 0 Å². The zero-order chi connectivity index (χ0) is 10.6. The van der Waals surface area contributed by atoms with Gasteiger partial charge in [0.2, 0.25) is 0 Å². The van der Waals surface area contributed by atoms with Gasteiger partial charge in [-0.25, -0.2) is 4.39 Å². The molecule has 0 atom stereocenters. The molecule has 0 radical (unpaired) electrons. The SMILES string of the molecule is Nc1cc([N+](=O)[O-])ccc1NCCF. The molecule has 0 bridgehead atoms. The molecule has 0 heterocycles. The van der Waals surface area contributed by atoms with Gasteiger partial charge in [-0.3, -0.25) is 10.1 Å². The lowest BCUT2D eigenvalue weighted by Crippen LogP contribution is -2.05. The summed E-state index contributed by atoms with van der Waals surface area (Å²) in [7, 11) is 0. The Hall–Kier alpha value is -1.85. The van der Waals surface area contributed by atoms with Crippen molar-refractivity contribution in [2.75, 3.05) is 24.3 Å². The number of hydrogen-bond donors (Lipinski definition) is 2. The number of anilines is 2. The summed E-state index contributed by atoms with van der Waals surface area (Å²) in [4.78, 5) is 9.82. The molecule has 1 rings (SSSR count). The first-order valence-electron chi connectivity index (χ1n) is 3.99. The molecule has 1 aromatic rings. The van der Waals surface area contributed by atoms with E-state index in [1.54, 1.807) is 0 Å². The minimum atomic E-state index is -0.532. The van der Waals surface area contributed by atoms with Crippen molar-refractivity contribution in [1.82, 2.24) is 0 Å². The highest BCUT2D eigenvalue weighted by atomic mass is 19.1. The van der Waals surface area contributed by atoms with Crippen LogP contribution in [0.3, 0.4) is 0 Å². The Labute approximate surface area is 79.9 Å². The van der Waals surface area contributed by atoms with Gasteiger partial charge >= 0.3 is 0 Å². The first-order chi connectivity index (χ1) is 6.65. The number of nitro benzene ring substituents is 1.